The molecule has 1 aliphatic carbocycles. The summed E-state index contributed by atoms with van der Waals surface area (Å²) in [5.41, 5.74) is 3.32. The van der Waals surface area contributed by atoms with Gasteiger partial charge >= 0.3 is 0 Å². The fourth-order valence-electron chi connectivity index (χ4n) is 5.74. The zero-order valence-corrected chi connectivity index (χ0v) is 19.7. The van der Waals surface area contributed by atoms with E-state index in [2.05, 4.69) is 25.1 Å². The Morgan fingerprint density at radius 1 is 0.972 bits per heavy atom. The molecule has 2 saturated heterocycles. The molecule has 7 rings (SSSR count). The number of hydrogen-bond acceptors (Lipinski definition) is 6. The van der Waals surface area contributed by atoms with Crippen LogP contribution >= 0.6 is 0 Å². The minimum atomic E-state index is -0.430. The highest BCUT2D eigenvalue weighted by Gasteiger charge is 2.66. The number of pyridine rings is 1. The second-order valence-electron chi connectivity index (χ2n) is 9.98. The predicted molar refractivity (Wildman–Crippen MR) is 133 cm³/mol. The largest absolute Gasteiger partial charge is 0.339 e. The van der Waals surface area contributed by atoms with Gasteiger partial charge in [0.15, 0.2) is 0 Å². The summed E-state index contributed by atoms with van der Waals surface area (Å²) >= 11 is 0. The molecule has 3 fully saturated rings. The van der Waals surface area contributed by atoms with Crippen molar-refractivity contribution in [2.24, 2.45) is 11.3 Å². The smallest absolute Gasteiger partial charge is 0.271 e. The van der Waals surface area contributed by atoms with Crippen molar-refractivity contribution in [2.75, 3.05) is 44.2 Å². The van der Waals surface area contributed by atoms with Crippen LogP contribution in [0.25, 0.3) is 22.4 Å². The quantitative estimate of drug-likeness (QED) is 0.461. The lowest BCUT2D eigenvalue weighted by Crippen LogP contribution is -2.52. The second kappa shape index (κ2) is 7.91. The Morgan fingerprint density at radius 3 is 2.61 bits per heavy atom. The highest BCUT2D eigenvalue weighted by molar-refractivity contribution is 5.95. The van der Waals surface area contributed by atoms with Crippen LogP contribution in [-0.4, -0.2) is 86.0 Å². The Balaban J connectivity index is 0.994. The lowest BCUT2D eigenvalue weighted by molar-refractivity contribution is -0.137. The van der Waals surface area contributed by atoms with Gasteiger partial charge in [0.1, 0.15) is 11.4 Å². The van der Waals surface area contributed by atoms with Crippen LogP contribution in [0.5, 0.6) is 0 Å². The van der Waals surface area contributed by atoms with Crippen LogP contribution in [0.1, 0.15) is 16.9 Å². The molecule has 2 amide bonds. The van der Waals surface area contributed by atoms with Gasteiger partial charge in [-0.05, 0) is 42.7 Å². The van der Waals surface area contributed by atoms with Gasteiger partial charge in [0.05, 0.1) is 22.1 Å². The maximum atomic E-state index is 13.6. The van der Waals surface area contributed by atoms with E-state index in [1.54, 1.807) is 17.2 Å². The number of aromatic amines is 2. The zero-order chi connectivity index (χ0) is 24.3. The number of amides is 2. The van der Waals surface area contributed by atoms with Crippen molar-refractivity contribution in [1.29, 1.82) is 0 Å². The molecule has 36 heavy (non-hydrogen) atoms. The van der Waals surface area contributed by atoms with Crippen molar-refractivity contribution in [1.82, 2.24) is 34.9 Å². The first kappa shape index (κ1) is 21.1. The summed E-state index contributed by atoms with van der Waals surface area (Å²) in [5.74, 6) is 1.16. The Kier molecular flexibility index (Phi) is 4.63. The molecule has 3 aromatic heterocycles. The van der Waals surface area contributed by atoms with Crippen LogP contribution in [-0.2, 0) is 4.79 Å². The molecule has 1 unspecified atom stereocenters. The number of anilines is 1. The van der Waals surface area contributed by atoms with Crippen LogP contribution in [0.2, 0.25) is 0 Å². The van der Waals surface area contributed by atoms with Gasteiger partial charge in [-0.15, -0.1) is 0 Å². The highest BCUT2D eigenvalue weighted by atomic mass is 16.2. The van der Waals surface area contributed by atoms with Crippen molar-refractivity contribution in [3.63, 3.8) is 0 Å². The third-order valence-electron chi connectivity index (χ3n) is 7.84. The van der Waals surface area contributed by atoms with E-state index in [0.29, 0.717) is 43.3 Å². The van der Waals surface area contributed by atoms with E-state index in [0.717, 1.165) is 36.5 Å². The number of piperidine rings is 1. The Bertz CT molecular complexity index is 1420. The number of fused-ring (bicyclic) bond motifs is 2. The fraction of sp³-hybridized carbons (Fsp3) is 0.346. The number of nitrogens with zero attached hydrogens (tertiary/aromatic N) is 6. The average Bonchev–Trinajstić information content (AvgIpc) is 3.34. The molecule has 0 radical (unpaired) electrons. The topological polar surface area (TPSA) is 114 Å². The van der Waals surface area contributed by atoms with Gasteiger partial charge in [0, 0.05) is 45.5 Å². The normalized spacial score (nSPS) is 23.2. The van der Waals surface area contributed by atoms with Gasteiger partial charge in [-0.25, -0.2) is 4.98 Å². The molecule has 3 aliphatic rings. The lowest BCUT2D eigenvalue weighted by Gasteiger charge is -2.36. The molecule has 4 aromatic rings. The number of rotatable bonds is 4. The van der Waals surface area contributed by atoms with E-state index in [1.807, 2.05) is 47.4 Å². The first-order valence-corrected chi connectivity index (χ1v) is 12.4. The Hall–Kier alpha value is -4.21. The number of carbonyl (C=O) groups is 2. The molecule has 10 heteroatoms. The number of imidazole rings is 1. The number of likely N-dealkylation sites (tertiary alicyclic amines) is 1. The molecule has 1 saturated carbocycles. The molecule has 2 aliphatic heterocycles. The standard InChI is InChI=1S/C26H26N8O2/c35-23(22-13-21(30-31-22)18-5-3-4-8-27-18)34-15-17-14-26(17,16-34)24(36)32-9-11-33(12-10-32)25-28-19-6-1-2-7-20(19)29-25/h1-8,13,17H,9-12,14-16H2,(H,28,29)(H,30,31)/t17?,26-/m1/s1. The number of carbonyl (C=O) groups excluding carboxylic acids is 2. The Morgan fingerprint density at radius 2 is 1.81 bits per heavy atom. The summed E-state index contributed by atoms with van der Waals surface area (Å²) in [5, 5.41) is 7.11. The molecular formula is C26H26N8O2. The maximum Gasteiger partial charge on any atom is 0.271 e. The van der Waals surface area contributed by atoms with Crippen LogP contribution in [0.3, 0.4) is 0 Å². The zero-order valence-electron chi connectivity index (χ0n) is 19.7. The van der Waals surface area contributed by atoms with Crippen LogP contribution in [0, 0.1) is 11.3 Å². The van der Waals surface area contributed by atoms with Gasteiger partial charge < -0.3 is 19.7 Å². The molecule has 0 bridgehead atoms. The van der Waals surface area contributed by atoms with Crippen LogP contribution in [0.15, 0.2) is 54.7 Å². The van der Waals surface area contributed by atoms with Crippen LogP contribution in [0.4, 0.5) is 5.95 Å². The fourth-order valence-corrected chi connectivity index (χ4v) is 5.74. The Labute approximate surface area is 207 Å². The third-order valence-corrected chi connectivity index (χ3v) is 7.84. The van der Waals surface area contributed by atoms with Crippen molar-refractivity contribution in [3.8, 4) is 11.4 Å². The molecule has 2 atom stereocenters. The molecular weight excluding hydrogens is 456 g/mol. The number of piperazine rings is 1. The summed E-state index contributed by atoms with van der Waals surface area (Å²) in [6, 6.07) is 15.3. The van der Waals surface area contributed by atoms with E-state index in [4.69, 9.17) is 4.98 Å². The number of benzene rings is 1. The van der Waals surface area contributed by atoms with E-state index in [9.17, 15) is 9.59 Å². The number of aromatic nitrogens is 5. The molecule has 182 valence electrons. The predicted octanol–water partition coefficient (Wildman–Crippen LogP) is 2.16. The SMILES string of the molecule is O=C(c1cc(-c2ccccn2)n[nH]1)N1CC2C[C@@]2(C(=O)N2CCN(c3nc4ccccc4[nH]3)CC2)C1. The first-order chi connectivity index (χ1) is 17.6. The molecule has 1 aromatic carbocycles. The summed E-state index contributed by atoms with van der Waals surface area (Å²) < 4.78 is 0. The third kappa shape index (κ3) is 3.35. The minimum absolute atomic E-state index is 0.112. The van der Waals surface area contributed by atoms with E-state index < -0.39 is 5.41 Å². The van der Waals surface area contributed by atoms with Crippen molar-refractivity contribution in [3.05, 3.63) is 60.4 Å². The number of nitrogens with one attached hydrogen (secondary N) is 2. The monoisotopic (exact) mass is 482 g/mol. The maximum absolute atomic E-state index is 13.6. The number of para-hydroxylation sites is 2. The number of hydrogen-bond donors (Lipinski definition) is 2. The summed E-state index contributed by atoms with van der Waals surface area (Å²) in [7, 11) is 0. The van der Waals surface area contributed by atoms with Gasteiger partial charge in [0.25, 0.3) is 5.91 Å². The van der Waals surface area contributed by atoms with Crippen molar-refractivity contribution in [2.45, 2.75) is 6.42 Å². The second-order valence-corrected chi connectivity index (χ2v) is 9.98. The van der Waals surface area contributed by atoms with Gasteiger partial charge in [-0.3, -0.25) is 19.7 Å². The van der Waals surface area contributed by atoms with Gasteiger partial charge in [-0.2, -0.15) is 5.10 Å². The van der Waals surface area contributed by atoms with E-state index in [1.165, 1.54) is 0 Å². The molecule has 2 N–H and O–H groups in total. The lowest BCUT2D eigenvalue weighted by atomic mass is 10.0. The van der Waals surface area contributed by atoms with Crippen LogP contribution < -0.4 is 4.90 Å². The summed E-state index contributed by atoms with van der Waals surface area (Å²) in [6.07, 6.45) is 2.56. The summed E-state index contributed by atoms with van der Waals surface area (Å²) in [4.78, 5) is 45.1. The van der Waals surface area contributed by atoms with Gasteiger partial charge in [-0.1, -0.05) is 18.2 Å². The van der Waals surface area contributed by atoms with Gasteiger partial charge in [0.2, 0.25) is 11.9 Å². The van der Waals surface area contributed by atoms with Crippen molar-refractivity contribution >= 4 is 28.8 Å². The summed E-state index contributed by atoms with van der Waals surface area (Å²) in [6.45, 7) is 3.87. The van der Waals surface area contributed by atoms with E-state index in [-0.39, 0.29) is 17.7 Å². The molecule has 5 heterocycles. The highest BCUT2D eigenvalue weighted by Crippen LogP contribution is 2.59. The average molecular weight is 483 g/mol. The number of H-pyrrole nitrogens is 2. The van der Waals surface area contributed by atoms with E-state index >= 15 is 0 Å². The first-order valence-electron chi connectivity index (χ1n) is 12.4. The molecule has 0 spiro atoms. The molecule has 10 nitrogen and oxygen atoms in total. The minimum Gasteiger partial charge on any atom is -0.339 e. The van der Waals surface area contributed by atoms with Crippen molar-refractivity contribution < 1.29 is 9.59 Å².